The predicted octanol–water partition coefficient (Wildman–Crippen LogP) is 3.71. The van der Waals surface area contributed by atoms with Crippen molar-refractivity contribution in [3.05, 3.63) is 40.9 Å². The van der Waals surface area contributed by atoms with Gasteiger partial charge in [-0.2, -0.15) is 0 Å². The first-order valence-electron chi connectivity index (χ1n) is 8.62. The SMILES string of the molecule is COCC1(CNC(=O)c2cccc(-c3nc(C)cs3)c2)CCNCC1.Cl.Cl. The summed E-state index contributed by atoms with van der Waals surface area (Å²) >= 11 is 1.60. The summed E-state index contributed by atoms with van der Waals surface area (Å²) < 4.78 is 5.42. The third-order valence-corrected chi connectivity index (χ3v) is 5.74. The van der Waals surface area contributed by atoms with Crippen molar-refractivity contribution in [2.45, 2.75) is 19.8 Å². The fraction of sp³-hybridized carbons (Fsp3) is 0.474. The van der Waals surface area contributed by atoms with E-state index in [2.05, 4.69) is 15.6 Å². The fourth-order valence-electron chi connectivity index (χ4n) is 3.29. The number of halogens is 2. The van der Waals surface area contributed by atoms with Gasteiger partial charge in [0.2, 0.25) is 0 Å². The van der Waals surface area contributed by atoms with Crippen LogP contribution in [0.1, 0.15) is 28.9 Å². The number of thiazole rings is 1. The lowest BCUT2D eigenvalue weighted by Crippen LogP contribution is -2.47. The molecule has 2 heterocycles. The molecule has 8 heteroatoms. The second kappa shape index (κ2) is 11.0. The Bertz CT molecular complexity index is 728. The number of carbonyl (C=O) groups excluding carboxylic acids is 1. The van der Waals surface area contributed by atoms with Crippen LogP contribution in [-0.2, 0) is 4.74 Å². The summed E-state index contributed by atoms with van der Waals surface area (Å²) in [7, 11) is 1.73. The number of aromatic nitrogens is 1. The minimum absolute atomic E-state index is 0. The number of piperidine rings is 1. The van der Waals surface area contributed by atoms with Crippen molar-refractivity contribution < 1.29 is 9.53 Å². The van der Waals surface area contributed by atoms with Gasteiger partial charge >= 0.3 is 0 Å². The maximum absolute atomic E-state index is 12.6. The molecule has 0 aliphatic carbocycles. The zero-order valence-electron chi connectivity index (χ0n) is 15.6. The molecule has 1 saturated heterocycles. The number of aryl methyl sites for hydroxylation is 1. The number of methoxy groups -OCH3 is 1. The molecular formula is C19H27Cl2N3O2S. The molecule has 27 heavy (non-hydrogen) atoms. The van der Waals surface area contributed by atoms with E-state index in [1.165, 1.54) is 0 Å². The second-order valence-corrected chi connectivity index (χ2v) is 7.60. The Morgan fingerprint density at radius 3 is 2.70 bits per heavy atom. The summed E-state index contributed by atoms with van der Waals surface area (Å²) in [6, 6.07) is 7.68. The number of benzene rings is 1. The Kier molecular flexibility index (Phi) is 9.70. The van der Waals surface area contributed by atoms with E-state index in [1.54, 1.807) is 18.4 Å². The molecule has 1 aliphatic rings. The van der Waals surface area contributed by atoms with Gasteiger partial charge in [0.1, 0.15) is 5.01 Å². The molecule has 0 saturated carbocycles. The molecule has 2 N–H and O–H groups in total. The van der Waals surface area contributed by atoms with E-state index in [-0.39, 0.29) is 36.1 Å². The molecule has 1 aliphatic heterocycles. The van der Waals surface area contributed by atoms with Gasteiger partial charge in [-0.25, -0.2) is 4.98 Å². The van der Waals surface area contributed by atoms with E-state index in [0.29, 0.717) is 18.7 Å². The summed E-state index contributed by atoms with van der Waals surface area (Å²) in [6.07, 6.45) is 2.03. The van der Waals surface area contributed by atoms with Gasteiger partial charge in [0.25, 0.3) is 5.91 Å². The highest BCUT2D eigenvalue weighted by atomic mass is 35.5. The van der Waals surface area contributed by atoms with Gasteiger partial charge in [0, 0.05) is 41.3 Å². The maximum atomic E-state index is 12.6. The quantitative estimate of drug-likeness (QED) is 0.731. The van der Waals surface area contributed by atoms with Crippen molar-refractivity contribution in [2.75, 3.05) is 33.4 Å². The number of rotatable bonds is 6. The number of ether oxygens (including phenoxy) is 1. The van der Waals surface area contributed by atoms with Crippen LogP contribution >= 0.6 is 36.2 Å². The third-order valence-electron chi connectivity index (χ3n) is 4.73. The number of hydrogen-bond donors (Lipinski definition) is 2. The Hall–Kier alpha value is -1.18. The average molecular weight is 432 g/mol. The first-order chi connectivity index (χ1) is 12.1. The number of hydrogen-bond acceptors (Lipinski definition) is 5. The van der Waals surface area contributed by atoms with Crippen LogP contribution in [0.4, 0.5) is 0 Å². The average Bonchev–Trinajstić information content (AvgIpc) is 3.07. The molecule has 2 aromatic rings. The first-order valence-corrected chi connectivity index (χ1v) is 9.50. The van der Waals surface area contributed by atoms with Gasteiger partial charge in [-0.3, -0.25) is 4.79 Å². The number of carbonyl (C=O) groups is 1. The number of nitrogens with zero attached hydrogens (tertiary/aromatic N) is 1. The predicted molar refractivity (Wildman–Crippen MR) is 116 cm³/mol. The molecule has 1 amide bonds. The molecule has 1 aromatic carbocycles. The molecular weight excluding hydrogens is 405 g/mol. The minimum Gasteiger partial charge on any atom is -0.384 e. The number of nitrogens with one attached hydrogen (secondary N) is 2. The maximum Gasteiger partial charge on any atom is 0.251 e. The van der Waals surface area contributed by atoms with Crippen molar-refractivity contribution in [1.82, 2.24) is 15.6 Å². The standard InChI is InChI=1S/C19H25N3O2S.2ClH/c1-14-11-25-18(22-14)16-5-3-4-15(10-16)17(23)21-12-19(13-24-2)6-8-20-9-7-19;;/h3-5,10-11,20H,6-9,12-13H2,1-2H3,(H,21,23);2*1H. The van der Waals surface area contributed by atoms with Crippen molar-refractivity contribution in [3.63, 3.8) is 0 Å². The molecule has 1 aromatic heterocycles. The van der Waals surface area contributed by atoms with Crippen molar-refractivity contribution in [1.29, 1.82) is 0 Å². The summed E-state index contributed by atoms with van der Waals surface area (Å²) in [5, 5.41) is 9.45. The van der Waals surface area contributed by atoms with E-state index < -0.39 is 0 Å². The van der Waals surface area contributed by atoms with Crippen LogP contribution in [-0.4, -0.2) is 44.2 Å². The third kappa shape index (κ3) is 6.16. The van der Waals surface area contributed by atoms with Crippen LogP contribution in [0.2, 0.25) is 0 Å². The smallest absolute Gasteiger partial charge is 0.251 e. The van der Waals surface area contributed by atoms with Crippen molar-refractivity contribution in [3.8, 4) is 10.6 Å². The largest absolute Gasteiger partial charge is 0.384 e. The highest BCUT2D eigenvalue weighted by Gasteiger charge is 2.32. The minimum atomic E-state index is -0.0378. The molecule has 3 rings (SSSR count). The topological polar surface area (TPSA) is 63.2 Å². The van der Waals surface area contributed by atoms with Gasteiger partial charge in [0.05, 0.1) is 6.61 Å². The van der Waals surface area contributed by atoms with Crippen LogP contribution in [0.5, 0.6) is 0 Å². The lowest BCUT2D eigenvalue weighted by Gasteiger charge is -2.37. The first kappa shape index (κ1) is 23.9. The highest BCUT2D eigenvalue weighted by Crippen LogP contribution is 2.28. The second-order valence-electron chi connectivity index (χ2n) is 6.74. The van der Waals surface area contributed by atoms with E-state index in [1.807, 2.05) is 36.6 Å². The van der Waals surface area contributed by atoms with Crippen LogP contribution < -0.4 is 10.6 Å². The van der Waals surface area contributed by atoms with E-state index in [0.717, 1.165) is 42.2 Å². The summed E-state index contributed by atoms with van der Waals surface area (Å²) in [4.78, 5) is 17.1. The van der Waals surface area contributed by atoms with E-state index >= 15 is 0 Å². The molecule has 0 bridgehead atoms. The Morgan fingerprint density at radius 1 is 1.33 bits per heavy atom. The summed E-state index contributed by atoms with van der Waals surface area (Å²) in [5.41, 5.74) is 2.69. The Morgan fingerprint density at radius 2 is 2.07 bits per heavy atom. The molecule has 0 radical (unpaired) electrons. The zero-order valence-corrected chi connectivity index (χ0v) is 18.1. The lowest BCUT2D eigenvalue weighted by molar-refractivity contribution is 0.0512. The van der Waals surface area contributed by atoms with Gasteiger partial charge in [0.15, 0.2) is 0 Å². The monoisotopic (exact) mass is 431 g/mol. The van der Waals surface area contributed by atoms with Crippen LogP contribution in [0.15, 0.2) is 29.6 Å². The fourth-order valence-corrected chi connectivity index (χ4v) is 4.08. The normalized spacial score (nSPS) is 15.3. The zero-order chi connectivity index (χ0) is 17.7. The van der Waals surface area contributed by atoms with Gasteiger partial charge < -0.3 is 15.4 Å². The van der Waals surface area contributed by atoms with Gasteiger partial charge in [-0.1, -0.05) is 12.1 Å². The van der Waals surface area contributed by atoms with Crippen LogP contribution in [0, 0.1) is 12.3 Å². The molecule has 0 atom stereocenters. The van der Waals surface area contributed by atoms with E-state index in [4.69, 9.17) is 4.74 Å². The Balaban J connectivity index is 0.00000182. The molecule has 150 valence electrons. The lowest BCUT2D eigenvalue weighted by atomic mass is 9.79. The Labute approximate surface area is 177 Å². The van der Waals surface area contributed by atoms with Crippen molar-refractivity contribution >= 4 is 42.1 Å². The van der Waals surface area contributed by atoms with Crippen molar-refractivity contribution in [2.24, 2.45) is 5.41 Å². The summed E-state index contributed by atoms with van der Waals surface area (Å²) in [5.74, 6) is -0.0378. The molecule has 1 fully saturated rings. The van der Waals surface area contributed by atoms with Gasteiger partial charge in [-0.05, 0) is 45.0 Å². The molecule has 0 unspecified atom stereocenters. The van der Waals surface area contributed by atoms with Crippen LogP contribution in [0.3, 0.4) is 0 Å². The van der Waals surface area contributed by atoms with Crippen LogP contribution in [0.25, 0.3) is 10.6 Å². The highest BCUT2D eigenvalue weighted by molar-refractivity contribution is 7.13. The molecule has 5 nitrogen and oxygen atoms in total. The summed E-state index contributed by atoms with van der Waals surface area (Å²) in [6.45, 7) is 5.23. The molecule has 0 spiro atoms. The van der Waals surface area contributed by atoms with E-state index in [9.17, 15) is 4.79 Å². The van der Waals surface area contributed by atoms with Gasteiger partial charge in [-0.15, -0.1) is 36.2 Å². The number of amides is 1.